The van der Waals surface area contributed by atoms with Gasteiger partial charge < -0.3 is 15.4 Å². The molecule has 0 fully saturated rings. The first-order valence-electron chi connectivity index (χ1n) is 6.64. The minimum Gasteiger partial charge on any atom is -0.468 e. The van der Waals surface area contributed by atoms with Crippen LogP contribution in [0.15, 0.2) is 30.3 Å². The molecule has 0 saturated carbocycles. The number of carbonyl (C=O) groups is 2. The summed E-state index contributed by atoms with van der Waals surface area (Å²) in [5.41, 5.74) is 5.74. The number of esters is 1. The van der Waals surface area contributed by atoms with E-state index in [9.17, 15) is 9.59 Å². The number of carbonyl (C=O) groups excluding carboxylic acids is 2. The van der Waals surface area contributed by atoms with Crippen LogP contribution >= 0.6 is 0 Å². The zero-order valence-electron chi connectivity index (χ0n) is 12.3. The highest BCUT2D eigenvalue weighted by Gasteiger charge is 2.34. The van der Waals surface area contributed by atoms with Gasteiger partial charge in [-0.1, -0.05) is 37.3 Å². The van der Waals surface area contributed by atoms with E-state index in [1.165, 1.54) is 12.0 Å². The van der Waals surface area contributed by atoms with Crippen molar-refractivity contribution in [1.82, 2.24) is 4.90 Å². The second-order valence-electron chi connectivity index (χ2n) is 4.87. The molecule has 5 nitrogen and oxygen atoms in total. The molecule has 1 amide bonds. The van der Waals surface area contributed by atoms with Gasteiger partial charge in [0.15, 0.2) is 0 Å². The Bertz CT molecular complexity index is 457. The number of benzene rings is 1. The smallest absolute Gasteiger partial charge is 0.325 e. The second kappa shape index (κ2) is 7.05. The molecule has 1 aromatic rings. The molecule has 110 valence electrons. The average molecular weight is 278 g/mol. The molecule has 1 atom stereocenters. The first-order chi connectivity index (χ1) is 9.43. The Morgan fingerprint density at radius 3 is 2.40 bits per heavy atom. The van der Waals surface area contributed by atoms with Crippen LogP contribution in [0.25, 0.3) is 0 Å². The van der Waals surface area contributed by atoms with E-state index in [4.69, 9.17) is 5.73 Å². The standard InChI is InChI=1S/C15H22N2O3/c1-4-10-17(11-13(18)20-3)14(19)15(2,16)12-8-6-5-7-9-12/h5-9H,4,10-11,16H2,1-3H3. The van der Waals surface area contributed by atoms with E-state index in [2.05, 4.69) is 4.74 Å². The Hall–Kier alpha value is -1.88. The van der Waals surface area contributed by atoms with Gasteiger partial charge in [-0.2, -0.15) is 0 Å². The van der Waals surface area contributed by atoms with Crippen molar-refractivity contribution in [3.63, 3.8) is 0 Å². The number of amides is 1. The van der Waals surface area contributed by atoms with Crippen LogP contribution in [0.4, 0.5) is 0 Å². The van der Waals surface area contributed by atoms with Crippen LogP contribution in [0.3, 0.4) is 0 Å². The molecule has 0 aliphatic carbocycles. The molecule has 0 aliphatic rings. The van der Waals surface area contributed by atoms with Gasteiger partial charge in [-0.15, -0.1) is 0 Å². The normalized spacial score (nSPS) is 13.4. The molecular weight excluding hydrogens is 256 g/mol. The fourth-order valence-corrected chi connectivity index (χ4v) is 1.98. The van der Waals surface area contributed by atoms with Gasteiger partial charge in [-0.05, 0) is 18.9 Å². The van der Waals surface area contributed by atoms with Gasteiger partial charge in [0.05, 0.1) is 7.11 Å². The van der Waals surface area contributed by atoms with Gasteiger partial charge in [-0.25, -0.2) is 0 Å². The van der Waals surface area contributed by atoms with E-state index in [1.54, 1.807) is 19.1 Å². The average Bonchev–Trinajstić information content (AvgIpc) is 2.46. The van der Waals surface area contributed by atoms with Crippen LogP contribution < -0.4 is 5.73 Å². The van der Waals surface area contributed by atoms with Crippen molar-refractivity contribution in [3.05, 3.63) is 35.9 Å². The zero-order valence-corrected chi connectivity index (χ0v) is 12.3. The summed E-state index contributed by atoms with van der Waals surface area (Å²) in [6, 6.07) is 9.14. The number of hydrogen-bond donors (Lipinski definition) is 1. The third-order valence-electron chi connectivity index (χ3n) is 3.15. The number of nitrogens with two attached hydrogens (primary N) is 1. The van der Waals surface area contributed by atoms with Gasteiger partial charge >= 0.3 is 5.97 Å². The number of nitrogens with zero attached hydrogens (tertiary/aromatic N) is 1. The third kappa shape index (κ3) is 3.81. The maximum Gasteiger partial charge on any atom is 0.325 e. The SMILES string of the molecule is CCCN(CC(=O)OC)C(=O)C(C)(N)c1ccccc1. The molecule has 0 aliphatic heterocycles. The van der Waals surface area contributed by atoms with Crippen LogP contribution in [0, 0.1) is 0 Å². The van der Waals surface area contributed by atoms with Gasteiger partial charge in [0.1, 0.15) is 12.1 Å². The summed E-state index contributed by atoms with van der Waals surface area (Å²) >= 11 is 0. The van der Waals surface area contributed by atoms with Crippen molar-refractivity contribution in [2.45, 2.75) is 25.8 Å². The third-order valence-corrected chi connectivity index (χ3v) is 3.15. The first kappa shape index (κ1) is 16.2. The van der Waals surface area contributed by atoms with Crippen molar-refractivity contribution in [2.24, 2.45) is 5.73 Å². The minimum absolute atomic E-state index is 0.0806. The van der Waals surface area contributed by atoms with Crippen molar-refractivity contribution < 1.29 is 14.3 Å². The van der Waals surface area contributed by atoms with Gasteiger partial charge in [-0.3, -0.25) is 9.59 Å². The lowest BCUT2D eigenvalue weighted by atomic mass is 9.91. The molecule has 1 unspecified atom stereocenters. The molecular formula is C15H22N2O3. The summed E-state index contributed by atoms with van der Waals surface area (Å²) < 4.78 is 4.62. The van der Waals surface area contributed by atoms with E-state index >= 15 is 0 Å². The summed E-state index contributed by atoms with van der Waals surface area (Å²) in [5, 5.41) is 0. The lowest BCUT2D eigenvalue weighted by Gasteiger charge is -2.31. The highest BCUT2D eigenvalue weighted by Crippen LogP contribution is 2.20. The molecule has 20 heavy (non-hydrogen) atoms. The highest BCUT2D eigenvalue weighted by molar-refractivity contribution is 5.89. The maximum atomic E-state index is 12.6. The van der Waals surface area contributed by atoms with Crippen LogP contribution in [-0.4, -0.2) is 37.0 Å². The predicted molar refractivity (Wildman–Crippen MR) is 76.9 cm³/mol. The summed E-state index contributed by atoms with van der Waals surface area (Å²) in [4.78, 5) is 25.5. The van der Waals surface area contributed by atoms with E-state index in [0.29, 0.717) is 6.54 Å². The zero-order chi connectivity index (χ0) is 15.2. The Balaban J connectivity index is 2.95. The van der Waals surface area contributed by atoms with E-state index in [-0.39, 0.29) is 12.5 Å². The van der Waals surface area contributed by atoms with Gasteiger partial charge in [0.25, 0.3) is 0 Å². The van der Waals surface area contributed by atoms with Gasteiger partial charge in [0.2, 0.25) is 5.91 Å². The molecule has 0 aromatic heterocycles. The molecule has 0 radical (unpaired) electrons. The molecule has 5 heteroatoms. The van der Waals surface area contributed by atoms with E-state index in [1.807, 2.05) is 25.1 Å². The van der Waals surface area contributed by atoms with E-state index in [0.717, 1.165) is 12.0 Å². The summed E-state index contributed by atoms with van der Waals surface area (Å²) in [6.07, 6.45) is 0.744. The Morgan fingerprint density at radius 1 is 1.30 bits per heavy atom. The lowest BCUT2D eigenvalue weighted by molar-refractivity contribution is -0.149. The van der Waals surface area contributed by atoms with Crippen molar-refractivity contribution >= 4 is 11.9 Å². The molecule has 0 saturated heterocycles. The number of rotatable bonds is 6. The molecule has 1 rings (SSSR count). The van der Waals surface area contributed by atoms with Crippen molar-refractivity contribution in [3.8, 4) is 0 Å². The fraction of sp³-hybridized carbons (Fsp3) is 0.467. The summed E-state index contributed by atoms with van der Waals surface area (Å²) in [7, 11) is 1.30. The summed E-state index contributed by atoms with van der Waals surface area (Å²) in [6.45, 7) is 3.98. The Morgan fingerprint density at radius 2 is 1.90 bits per heavy atom. The topological polar surface area (TPSA) is 72.6 Å². The molecule has 0 bridgehead atoms. The number of ether oxygens (including phenoxy) is 1. The van der Waals surface area contributed by atoms with Crippen LogP contribution in [0.2, 0.25) is 0 Å². The quantitative estimate of drug-likeness (QED) is 0.795. The lowest BCUT2D eigenvalue weighted by Crippen LogP contribution is -2.52. The van der Waals surface area contributed by atoms with Crippen molar-refractivity contribution in [1.29, 1.82) is 0 Å². The fourth-order valence-electron chi connectivity index (χ4n) is 1.98. The summed E-state index contributed by atoms with van der Waals surface area (Å²) in [5.74, 6) is -0.730. The predicted octanol–water partition coefficient (Wildman–Crippen LogP) is 1.27. The molecule has 2 N–H and O–H groups in total. The molecule has 0 heterocycles. The Labute approximate surface area is 119 Å². The van der Waals surface area contributed by atoms with Crippen molar-refractivity contribution in [2.75, 3.05) is 20.2 Å². The first-order valence-corrected chi connectivity index (χ1v) is 6.64. The van der Waals surface area contributed by atoms with Gasteiger partial charge in [0, 0.05) is 6.54 Å². The van der Waals surface area contributed by atoms with Crippen LogP contribution in [0.1, 0.15) is 25.8 Å². The Kier molecular flexibility index (Phi) is 5.70. The molecule has 1 aromatic carbocycles. The van der Waals surface area contributed by atoms with Crippen LogP contribution in [0.5, 0.6) is 0 Å². The largest absolute Gasteiger partial charge is 0.468 e. The number of methoxy groups -OCH3 is 1. The van der Waals surface area contributed by atoms with Crippen LogP contribution in [-0.2, 0) is 19.9 Å². The highest BCUT2D eigenvalue weighted by atomic mass is 16.5. The second-order valence-corrected chi connectivity index (χ2v) is 4.87. The molecule has 0 spiro atoms. The monoisotopic (exact) mass is 278 g/mol. The number of hydrogen-bond acceptors (Lipinski definition) is 4. The minimum atomic E-state index is -1.16. The van der Waals surface area contributed by atoms with E-state index < -0.39 is 11.5 Å². The maximum absolute atomic E-state index is 12.6.